The van der Waals surface area contributed by atoms with Gasteiger partial charge in [-0.15, -0.1) is 0 Å². The first-order chi connectivity index (χ1) is 8.47. The quantitative estimate of drug-likeness (QED) is 0.797. The largest absolute Gasteiger partial charge is 0.348 e. The van der Waals surface area contributed by atoms with Crippen LogP contribution in [0.5, 0.6) is 0 Å². The Morgan fingerprint density at radius 3 is 2.44 bits per heavy atom. The van der Waals surface area contributed by atoms with Gasteiger partial charge in [-0.25, -0.2) is 0 Å². The van der Waals surface area contributed by atoms with Crippen molar-refractivity contribution in [3.8, 4) is 0 Å². The zero-order chi connectivity index (χ0) is 13.2. The lowest BCUT2D eigenvalue weighted by Crippen LogP contribution is -2.30. The van der Waals surface area contributed by atoms with E-state index in [1.54, 1.807) is 0 Å². The van der Waals surface area contributed by atoms with Crippen molar-refractivity contribution in [2.75, 3.05) is 13.1 Å². The number of carbonyl (C=O) groups excluding carboxylic acids is 1. The zero-order valence-electron chi connectivity index (χ0n) is 11.4. The number of hydrogen-bond donors (Lipinski definition) is 2. The molecule has 1 saturated heterocycles. The van der Waals surface area contributed by atoms with Crippen molar-refractivity contribution in [2.24, 2.45) is 0 Å². The Bertz CT molecular complexity index is 417. The highest BCUT2D eigenvalue weighted by atomic mass is 16.1. The van der Waals surface area contributed by atoms with Crippen LogP contribution in [-0.4, -0.2) is 19.0 Å². The van der Waals surface area contributed by atoms with E-state index in [0.717, 1.165) is 13.1 Å². The number of rotatable bonds is 1. The van der Waals surface area contributed by atoms with Gasteiger partial charge in [-0.05, 0) is 16.5 Å². The van der Waals surface area contributed by atoms with E-state index in [1.165, 1.54) is 11.1 Å². The second kappa shape index (κ2) is 5.11. The second-order valence-corrected chi connectivity index (χ2v) is 5.95. The minimum absolute atomic E-state index is 0.0917. The van der Waals surface area contributed by atoms with E-state index in [4.69, 9.17) is 0 Å². The van der Waals surface area contributed by atoms with Gasteiger partial charge >= 0.3 is 0 Å². The van der Waals surface area contributed by atoms with Gasteiger partial charge in [-0.1, -0.05) is 45.0 Å². The summed E-state index contributed by atoms with van der Waals surface area (Å²) < 4.78 is 0. The minimum atomic E-state index is 0.0917. The molecule has 0 bridgehead atoms. The molecule has 0 radical (unpaired) electrons. The Labute approximate surface area is 109 Å². The third-order valence-electron chi connectivity index (χ3n) is 3.39. The van der Waals surface area contributed by atoms with E-state index in [0.29, 0.717) is 6.42 Å². The molecule has 98 valence electrons. The van der Waals surface area contributed by atoms with Crippen molar-refractivity contribution >= 4 is 5.91 Å². The molecule has 2 rings (SSSR count). The first-order valence-electron chi connectivity index (χ1n) is 6.57. The Hall–Kier alpha value is -1.35. The fourth-order valence-corrected chi connectivity index (χ4v) is 2.18. The van der Waals surface area contributed by atoms with E-state index in [1.807, 2.05) is 0 Å². The van der Waals surface area contributed by atoms with E-state index in [-0.39, 0.29) is 17.4 Å². The molecule has 18 heavy (non-hydrogen) atoms. The topological polar surface area (TPSA) is 41.1 Å². The van der Waals surface area contributed by atoms with Gasteiger partial charge in [0.1, 0.15) is 0 Å². The molecule has 1 aliphatic heterocycles. The molecule has 3 nitrogen and oxygen atoms in total. The lowest BCUT2D eigenvalue weighted by Gasteiger charge is -2.21. The molecule has 0 aliphatic carbocycles. The average molecular weight is 246 g/mol. The molecule has 1 atom stereocenters. The number of nitrogens with one attached hydrogen (secondary N) is 2. The van der Waals surface area contributed by atoms with Crippen LogP contribution in [0, 0.1) is 0 Å². The summed E-state index contributed by atoms with van der Waals surface area (Å²) in [6.07, 6.45) is 0.566. The van der Waals surface area contributed by atoms with Crippen LogP contribution in [0.15, 0.2) is 24.3 Å². The normalized spacial score (nSPS) is 21.3. The molecule has 1 fully saturated rings. The third-order valence-corrected chi connectivity index (χ3v) is 3.39. The second-order valence-electron chi connectivity index (χ2n) is 5.95. The predicted molar refractivity (Wildman–Crippen MR) is 73.5 cm³/mol. The molecule has 1 aliphatic rings. The summed E-state index contributed by atoms with van der Waals surface area (Å²) in [5, 5.41) is 6.34. The van der Waals surface area contributed by atoms with Crippen LogP contribution in [0.4, 0.5) is 0 Å². The predicted octanol–water partition coefficient (Wildman–Crippen LogP) is 2.13. The van der Waals surface area contributed by atoms with Crippen molar-refractivity contribution in [3.63, 3.8) is 0 Å². The minimum Gasteiger partial charge on any atom is -0.348 e. The van der Waals surface area contributed by atoms with Crippen LogP contribution < -0.4 is 10.6 Å². The van der Waals surface area contributed by atoms with Crippen molar-refractivity contribution < 1.29 is 4.79 Å². The summed E-state index contributed by atoms with van der Waals surface area (Å²) in [7, 11) is 0. The monoisotopic (exact) mass is 246 g/mol. The number of amides is 1. The number of benzene rings is 1. The Morgan fingerprint density at radius 1 is 1.17 bits per heavy atom. The van der Waals surface area contributed by atoms with Gasteiger partial charge in [-0.2, -0.15) is 0 Å². The zero-order valence-corrected chi connectivity index (χ0v) is 11.4. The van der Waals surface area contributed by atoms with E-state index < -0.39 is 0 Å². The Morgan fingerprint density at radius 2 is 1.83 bits per heavy atom. The van der Waals surface area contributed by atoms with Gasteiger partial charge in [0.15, 0.2) is 0 Å². The fraction of sp³-hybridized carbons (Fsp3) is 0.533. The standard InChI is InChI=1S/C15H22N2O/c1-15(2,3)12-6-4-11(5-7-12)13-10-16-9-8-14(18)17-13/h4-7,13,16H,8-10H2,1-3H3,(H,17,18). The first-order valence-corrected chi connectivity index (χ1v) is 6.57. The van der Waals surface area contributed by atoms with Crippen molar-refractivity contribution in [3.05, 3.63) is 35.4 Å². The van der Waals surface area contributed by atoms with Gasteiger partial charge in [0.2, 0.25) is 5.91 Å². The molecule has 0 aromatic heterocycles. The van der Waals surface area contributed by atoms with Gasteiger partial charge in [0.05, 0.1) is 6.04 Å². The smallest absolute Gasteiger partial charge is 0.221 e. The molecule has 1 aromatic carbocycles. The highest BCUT2D eigenvalue weighted by molar-refractivity contribution is 5.77. The molecule has 3 heteroatoms. The summed E-state index contributed by atoms with van der Waals surface area (Å²) in [6, 6.07) is 8.66. The Balaban J connectivity index is 2.16. The molecule has 1 aromatic rings. The van der Waals surface area contributed by atoms with Crippen molar-refractivity contribution in [1.29, 1.82) is 0 Å². The third kappa shape index (κ3) is 3.10. The number of carbonyl (C=O) groups is 1. The molecular formula is C15H22N2O. The summed E-state index contributed by atoms with van der Waals surface area (Å²) in [5.74, 6) is 0.130. The average Bonchev–Trinajstić information content (AvgIpc) is 2.53. The summed E-state index contributed by atoms with van der Waals surface area (Å²) in [4.78, 5) is 11.5. The summed E-state index contributed by atoms with van der Waals surface area (Å²) >= 11 is 0. The highest BCUT2D eigenvalue weighted by Crippen LogP contribution is 2.24. The van der Waals surface area contributed by atoms with Crippen LogP contribution in [0.25, 0.3) is 0 Å². The maximum atomic E-state index is 11.5. The molecule has 0 spiro atoms. The maximum absolute atomic E-state index is 11.5. The molecule has 2 N–H and O–H groups in total. The molecule has 1 unspecified atom stereocenters. The van der Waals surface area contributed by atoms with Gasteiger partial charge in [0, 0.05) is 19.5 Å². The lowest BCUT2D eigenvalue weighted by molar-refractivity contribution is -0.121. The molecule has 1 heterocycles. The van der Waals surface area contributed by atoms with Crippen LogP contribution in [0.1, 0.15) is 44.4 Å². The van der Waals surface area contributed by atoms with Gasteiger partial charge < -0.3 is 10.6 Å². The highest BCUT2D eigenvalue weighted by Gasteiger charge is 2.19. The van der Waals surface area contributed by atoms with Crippen LogP contribution >= 0.6 is 0 Å². The van der Waals surface area contributed by atoms with Crippen LogP contribution in [-0.2, 0) is 10.2 Å². The van der Waals surface area contributed by atoms with Crippen LogP contribution in [0.3, 0.4) is 0 Å². The lowest BCUT2D eigenvalue weighted by atomic mass is 9.86. The van der Waals surface area contributed by atoms with Crippen molar-refractivity contribution in [2.45, 2.75) is 38.6 Å². The molecular weight excluding hydrogens is 224 g/mol. The van der Waals surface area contributed by atoms with Crippen molar-refractivity contribution in [1.82, 2.24) is 10.6 Å². The summed E-state index contributed by atoms with van der Waals surface area (Å²) in [5.41, 5.74) is 2.66. The van der Waals surface area contributed by atoms with E-state index in [2.05, 4.69) is 55.7 Å². The van der Waals surface area contributed by atoms with E-state index in [9.17, 15) is 4.79 Å². The molecule has 0 saturated carbocycles. The van der Waals surface area contributed by atoms with E-state index >= 15 is 0 Å². The van der Waals surface area contributed by atoms with Crippen LogP contribution in [0.2, 0.25) is 0 Å². The Kier molecular flexibility index (Phi) is 3.71. The fourth-order valence-electron chi connectivity index (χ4n) is 2.18. The maximum Gasteiger partial charge on any atom is 0.221 e. The summed E-state index contributed by atoms with van der Waals surface area (Å²) in [6.45, 7) is 8.19. The van der Waals surface area contributed by atoms with Gasteiger partial charge in [-0.3, -0.25) is 4.79 Å². The van der Waals surface area contributed by atoms with Gasteiger partial charge in [0.25, 0.3) is 0 Å². The molecule has 1 amide bonds. The first kappa shape index (κ1) is 13.1. The SMILES string of the molecule is CC(C)(C)c1ccc(C2CNCCC(=O)N2)cc1. The number of hydrogen-bond acceptors (Lipinski definition) is 2.